The number of anilines is 1. The Morgan fingerprint density at radius 2 is 2.12 bits per heavy atom. The van der Waals surface area contributed by atoms with Gasteiger partial charge in [0.1, 0.15) is 5.01 Å². The molecule has 2 heterocycles. The summed E-state index contributed by atoms with van der Waals surface area (Å²) in [5.74, 6) is -0.427. The first-order valence-corrected chi connectivity index (χ1v) is 6.88. The molecule has 1 N–H and O–H groups in total. The summed E-state index contributed by atoms with van der Waals surface area (Å²) in [6.45, 7) is 6.29. The highest BCUT2D eigenvalue weighted by Gasteiger charge is 2.30. The number of nitrogens with zero attached hydrogens (tertiary/aromatic N) is 2. The Morgan fingerprint density at radius 1 is 1.35 bits per heavy atom. The molecule has 0 radical (unpaired) electrons. The van der Waals surface area contributed by atoms with Gasteiger partial charge < -0.3 is 14.8 Å². The van der Waals surface area contributed by atoms with Crippen LogP contribution in [0.1, 0.15) is 31.7 Å². The summed E-state index contributed by atoms with van der Waals surface area (Å²) in [6.07, 6.45) is 2.92. The van der Waals surface area contributed by atoms with E-state index in [0.29, 0.717) is 13.2 Å². The fourth-order valence-corrected chi connectivity index (χ4v) is 2.60. The number of aromatic nitrogens is 2. The van der Waals surface area contributed by atoms with Gasteiger partial charge in [-0.05, 0) is 13.3 Å². The predicted molar refractivity (Wildman–Crippen MR) is 67.3 cm³/mol. The van der Waals surface area contributed by atoms with Gasteiger partial charge in [0.15, 0.2) is 5.79 Å². The highest BCUT2D eigenvalue weighted by atomic mass is 32.1. The molecule has 0 saturated carbocycles. The number of nitrogens with one attached hydrogen (secondary N) is 1. The lowest BCUT2D eigenvalue weighted by Gasteiger charge is -2.21. The van der Waals surface area contributed by atoms with Crippen molar-refractivity contribution < 1.29 is 9.47 Å². The molecule has 0 bridgehead atoms. The SMILES string of the molecule is CCCc1nnc(NCCC2(C)OCCO2)s1. The Morgan fingerprint density at radius 3 is 2.82 bits per heavy atom. The molecule has 1 aromatic rings. The van der Waals surface area contributed by atoms with Crippen LogP contribution >= 0.6 is 11.3 Å². The lowest BCUT2D eigenvalue weighted by Crippen LogP contribution is -2.28. The third-order valence-electron chi connectivity index (χ3n) is 2.68. The van der Waals surface area contributed by atoms with Crippen molar-refractivity contribution in [1.82, 2.24) is 10.2 Å². The smallest absolute Gasteiger partial charge is 0.205 e. The number of hydrogen-bond acceptors (Lipinski definition) is 6. The van der Waals surface area contributed by atoms with Crippen molar-refractivity contribution in [2.75, 3.05) is 25.1 Å². The van der Waals surface area contributed by atoms with Crippen LogP contribution in [0, 0.1) is 0 Å². The predicted octanol–water partition coefficient (Wildman–Crippen LogP) is 2.06. The fourth-order valence-electron chi connectivity index (χ4n) is 1.74. The molecular weight excluding hydrogens is 238 g/mol. The molecule has 5 nitrogen and oxygen atoms in total. The summed E-state index contributed by atoms with van der Waals surface area (Å²) in [4.78, 5) is 0. The van der Waals surface area contributed by atoms with Crippen LogP contribution in [0.5, 0.6) is 0 Å². The highest BCUT2D eigenvalue weighted by molar-refractivity contribution is 7.15. The van der Waals surface area contributed by atoms with E-state index in [4.69, 9.17) is 9.47 Å². The largest absolute Gasteiger partial charge is 0.360 e. The molecule has 0 atom stereocenters. The van der Waals surface area contributed by atoms with E-state index in [1.165, 1.54) is 0 Å². The van der Waals surface area contributed by atoms with Gasteiger partial charge in [-0.25, -0.2) is 0 Å². The zero-order chi connectivity index (χ0) is 12.1. The van der Waals surface area contributed by atoms with E-state index in [0.717, 1.165) is 35.9 Å². The van der Waals surface area contributed by atoms with Crippen molar-refractivity contribution in [1.29, 1.82) is 0 Å². The van der Waals surface area contributed by atoms with Crippen LogP contribution in [0.4, 0.5) is 5.13 Å². The molecule has 2 rings (SSSR count). The quantitative estimate of drug-likeness (QED) is 0.845. The average Bonchev–Trinajstić information content (AvgIpc) is 2.90. The van der Waals surface area contributed by atoms with Crippen LogP contribution in [0.2, 0.25) is 0 Å². The molecule has 0 amide bonds. The van der Waals surface area contributed by atoms with Gasteiger partial charge >= 0.3 is 0 Å². The van der Waals surface area contributed by atoms with Gasteiger partial charge in [0.2, 0.25) is 5.13 Å². The van der Waals surface area contributed by atoms with Crippen LogP contribution in [-0.2, 0) is 15.9 Å². The van der Waals surface area contributed by atoms with Crippen molar-refractivity contribution in [3.05, 3.63) is 5.01 Å². The van der Waals surface area contributed by atoms with E-state index < -0.39 is 5.79 Å². The standard InChI is InChI=1S/C11H19N3O2S/c1-3-4-9-13-14-10(17-9)12-6-5-11(2)15-7-8-16-11/h3-8H2,1-2H3,(H,12,14). The Labute approximate surface area is 106 Å². The van der Waals surface area contributed by atoms with Crippen molar-refractivity contribution in [2.24, 2.45) is 0 Å². The third-order valence-corrected chi connectivity index (χ3v) is 3.62. The van der Waals surface area contributed by atoms with Gasteiger partial charge in [0, 0.05) is 19.4 Å². The molecule has 0 aliphatic carbocycles. The maximum absolute atomic E-state index is 5.53. The van der Waals surface area contributed by atoms with Crippen molar-refractivity contribution in [3.8, 4) is 0 Å². The van der Waals surface area contributed by atoms with Crippen LogP contribution in [0.15, 0.2) is 0 Å². The van der Waals surface area contributed by atoms with Gasteiger partial charge in [-0.3, -0.25) is 0 Å². The summed E-state index contributed by atoms with van der Waals surface area (Å²) < 4.78 is 11.1. The molecule has 0 spiro atoms. The van der Waals surface area contributed by atoms with Gasteiger partial charge in [-0.15, -0.1) is 10.2 Å². The summed E-state index contributed by atoms with van der Waals surface area (Å²) in [5.41, 5.74) is 0. The van der Waals surface area contributed by atoms with E-state index in [2.05, 4.69) is 22.4 Å². The average molecular weight is 257 g/mol. The second-order valence-corrected chi connectivity index (χ2v) is 5.32. The first-order valence-electron chi connectivity index (χ1n) is 6.06. The second-order valence-electron chi connectivity index (χ2n) is 4.26. The van der Waals surface area contributed by atoms with Gasteiger partial charge in [-0.1, -0.05) is 18.3 Å². The molecule has 1 aliphatic rings. The molecule has 96 valence electrons. The van der Waals surface area contributed by atoms with Crippen molar-refractivity contribution in [2.45, 2.75) is 38.9 Å². The molecule has 17 heavy (non-hydrogen) atoms. The lowest BCUT2D eigenvalue weighted by atomic mass is 10.2. The van der Waals surface area contributed by atoms with E-state index in [1.54, 1.807) is 11.3 Å². The van der Waals surface area contributed by atoms with E-state index in [9.17, 15) is 0 Å². The van der Waals surface area contributed by atoms with Gasteiger partial charge in [-0.2, -0.15) is 0 Å². The molecule has 1 fully saturated rings. The Hall–Kier alpha value is -0.720. The van der Waals surface area contributed by atoms with E-state index >= 15 is 0 Å². The topological polar surface area (TPSA) is 56.3 Å². The zero-order valence-corrected chi connectivity index (χ0v) is 11.2. The van der Waals surface area contributed by atoms with Crippen LogP contribution in [0.3, 0.4) is 0 Å². The molecule has 1 saturated heterocycles. The number of ether oxygens (including phenoxy) is 2. The van der Waals surface area contributed by atoms with E-state index in [1.807, 2.05) is 6.92 Å². The van der Waals surface area contributed by atoms with Crippen molar-refractivity contribution >= 4 is 16.5 Å². The minimum absolute atomic E-state index is 0.427. The first kappa shape index (κ1) is 12.7. The molecule has 6 heteroatoms. The summed E-state index contributed by atoms with van der Waals surface area (Å²) >= 11 is 1.62. The molecule has 0 unspecified atom stereocenters. The third kappa shape index (κ3) is 3.62. The highest BCUT2D eigenvalue weighted by Crippen LogP contribution is 2.23. The summed E-state index contributed by atoms with van der Waals surface area (Å²) in [6, 6.07) is 0. The molecule has 1 aliphatic heterocycles. The lowest BCUT2D eigenvalue weighted by molar-refractivity contribution is -0.144. The Kier molecular flexibility index (Phi) is 4.31. The zero-order valence-electron chi connectivity index (χ0n) is 10.4. The van der Waals surface area contributed by atoms with Gasteiger partial charge in [0.25, 0.3) is 0 Å². The fraction of sp³-hybridized carbons (Fsp3) is 0.818. The summed E-state index contributed by atoms with van der Waals surface area (Å²) in [7, 11) is 0. The minimum Gasteiger partial charge on any atom is -0.360 e. The van der Waals surface area contributed by atoms with Crippen LogP contribution < -0.4 is 5.32 Å². The molecule has 1 aromatic heterocycles. The Bertz CT molecular complexity index is 350. The van der Waals surface area contributed by atoms with Crippen LogP contribution in [-0.4, -0.2) is 35.7 Å². The number of rotatable bonds is 6. The summed E-state index contributed by atoms with van der Waals surface area (Å²) in [5, 5.41) is 13.5. The Balaban J connectivity index is 1.73. The van der Waals surface area contributed by atoms with Gasteiger partial charge in [0.05, 0.1) is 13.2 Å². The molecule has 0 aromatic carbocycles. The van der Waals surface area contributed by atoms with Crippen LogP contribution in [0.25, 0.3) is 0 Å². The second kappa shape index (κ2) is 5.75. The van der Waals surface area contributed by atoms with Crippen molar-refractivity contribution in [3.63, 3.8) is 0 Å². The monoisotopic (exact) mass is 257 g/mol. The first-order chi connectivity index (χ1) is 8.22. The number of hydrogen-bond donors (Lipinski definition) is 1. The molecular formula is C11H19N3O2S. The maximum Gasteiger partial charge on any atom is 0.205 e. The number of aryl methyl sites for hydroxylation is 1. The minimum atomic E-state index is -0.427. The van der Waals surface area contributed by atoms with E-state index in [-0.39, 0.29) is 0 Å². The maximum atomic E-state index is 5.53. The normalized spacial score (nSPS) is 18.5.